The van der Waals surface area contributed by atoms with Gasteiger partial charge in [0, 0.05) is 17.8 Å². The Labute approximate surface area is 204 Å². The number of hydrogen-bond donors (Lipinski definition) is 1. The van der Waals surface area contributed by atoms with Crippen molar-refractivity contribution in [1.82, 2.24) is 19.3 Å². The Bertz CT molecular complexity index is 1410. The van der Waals surface area contributed by atoms with Crippen molar-refractivity contribution in [2.75, 3.05) is 0 Å². The van der Waals surface area contributed by atoms with Gasteiger partial charge in [-0.25, -0.2) is 27.2 Å². The highest BCUT2D eigenvalue weighted by molar-refractivity contribution is 7.89. The van der Waals surface area contributed by atoms with Gasteiger partial charge in [0.25, 0.3) is 0 Å². The molecule has 13 heteroatoms. The number of benzene rings is 1. The zero-order chi connectivity index (χ0) is 26.3. The van der Waals surface area contributed by atoms with Gasteiger partial charge >= 0.3 is 6.18 Å². The van der Waals surface area contributed by atoms with Gasteiger partial charge in [-0.1, -0.05) is 25.0 Å². The highest BCUT2D eigenvalue weighted by Crippen LogP contribution is 2.40. The number of sulfonamides is 1. The summed E-state index contributed by atoms with van der Waals surface area (Å²) >= 11 is 0. The first-order valence-corrected chi connectivity index (χ1v) is 12.7. The summed E-state index contributed by atoms with van der Waals surface area (Å²) in [5.41, 5.74) is 1.50. The molecule has 0 spiro atoms. The average Bonchev–Trinajstić information content (AvgIpc) is 3.43. The van der Waals surface area contributed by atoms with Crippen LogP contribution < -0.4 is 4.72 Å². The second-order valence-corrected chi connectivity index (χ2v) is 10.4. The molecule has 0 aliphatic heterocycles. The first-order chi connectivity index (χ1) is 16.9. The fraction of sp³-hybridized carbons (Fsp3) is 0.435. The van der Waals surface area contributed by atoms with E-state index >= 15 is 0 Å². The van der Waals surface area contributed by atoms with Crippen molar-refractivity contribution in [3.05, 3.63) is 41.7 Å². The van der Waals surface area contributed by atoms with Crippen molar-refractivity contribution in [1.29, 1.82) is 5.26 Å². The summed E-state index contributed by atoms with van der Waals surface area (Å²) in [6.45, 7) is 0.675. The Hall–Kier alpha value is -3.11. The molecular formula is C23H22F5N5O2S. The number of nitrogens with one attached hydrogen (secondary N) is 1. The number of rotatable bonds is 7. The first-order valence-electron chi connectivity index (χ1n) is 11.2. The number of halogens is 5. The fourth-order valence-electron chi connectivity index (χ4n) is 4.48. The molecule has 3 aromatic rings. The van der Waals surface area contributed by atoms with Crippen LogP contribution in [-0.2, 0) is 16.4 Å². The summed E-state index contributed by atoms with van der Waals surface area (Å²) in [6.07, 6.45) is -2.57. The van der Waals surface area contributed by atoms with E-state index in [-0.39, 0.29) is 17.4 Å². The summed E-state index contributed by atoms with van der Waals surface area (Å²) < 4.78 is 92.7. The van der Waals surface area contributed by atoms with Crippen LogP contribution in [0.25, 0.3) is 22.4 Å². The number of fused-ring (bicyclic) bond motifs is 1. The molecule has 0 bridgehead atoms. The van der Waals surface area contributed by atoms with Crippen LogP contribution in [0.15, 0.2) is 35.5 Å². The van der Waals surface area contributed by atoms with Crippen LogP contribution >= 0.6 is 0 Å². The SMILES string of the molecule is C[C@H](NS(=O)(=O)c1cnc(-c2c(C#N)c3ccc(CC(F)F)cc3n2C2CCCC2)nc1)C(F)(F)F. The van der Waals surface area contributed by atoms with Gasteiger partial charge in [0.05, 0.1) is 23.5 Å². The lowest BCUT2D eigenvalue weighted by atomic mass is 10.1. The zero-order valence-electron chi connectivity index (χ0n) is 19.1. The normalized spacial score (nSPS) is 16.1. The van der Waals surface area contributed by atoms with E-state index in [1.165, 1.54) is 6.07 Å². The third-order valence-corrected chi connectivity index (χ3v) is 7.73. The van der Waals surface area contributed by atoms with Gasteiger partial charge in [0.2, 0.25) is 16.4 Å². The molecule has 1 saturated carbocycles. The van der Waals surface area contributed by atoms with Crippen molar-refractivity contribution < 1.29 is 30.4 Å². The second-order valence-electron chi connectivity index (χ2n) is 8.72. The molecule has 0 amide bonds. The third-order valence-electron chi connectivity index (χ3n) is 6.23. The number of nitriles is 1. The summed E-state index contributed by atoms with van der Waals surface area (Å²) in [6, 6.07) is 4.50. The summed E-state index contributed by atoms with van der Waals surface area (Å²) in [5.74, 6) is 0.00730. The van der Waals surface area contributed by atoms with Crippen molar-refractivity contribution in [2.45, 2.75) is 68.6 Å². The van der Waals surface area contributed by atoms with E-state index in [2.05, 4.69) is 16.0 Å². The number of nitrogens with zero attached hydrogens (tertiary/aromatic N) is 4. The van der Waals surface area contributed by atoms with Crippen LogP contribution in [0, 0.1) is 11.3 Å². The van der Waals surface area contributed by atoms with E-state index in [9.17, 15) is 35.6 Å². The third kappa shape index (κ3) is 5.05. The van der Waals surface area contributed by atoms with Crippen molar-refractivity contribution in [3.63, 3.8) is 0 Å². The Morgan fingerprint density at radius 2 is 1.83 bits per heavy atom. The lowest BCUT2D eigenvalue weighted by molar-refractivity contribution is -0.147. The van der Waals surface area contributed by atoms with E-state index in [0.29, 0.717) is 29.1 Å². The Morgan fingerprint density at radius 1 is 1.19 bits per heavy atom. The predicted octanol–water partition coefficient (Wildman–Crippen LogP) is 5.12. The van der Waals surface area contributed by atoms with Crippen LogP contribution in [0.1, 0.15) is 49.8 Å². The van der Waals surface area contributed by atoms with Gasteiger partial charge in [-0.3, -0.25) is 0 Å². The van der Waals surface area contributed by atoms with Crippen molar-refractivity contribution in [2.24, 2.45) is 0 Å². The lowest BCUT2D eigenvalue weighted by Crippen LogP contribution is -2.43. The molecule has 2 aromatic heterocycles. The van der Waals surface area contributed by atoms with Gasteiger partial charge in [-0.05, 0) is 31.4 Å². The maximum absolute atomic E-state index is 13.0. The average molecular weight is 528 g/mol. The molecule has 1 atom stereocenters. The van der Waals surface area contributed by atoms with Crippen LogP contribution in [-0.4, -0.2) is 41.6 Å². The summed E-state index contributed by atoms with van der Waals surface area (Å²) in [5, 5.41) is 10.5. The number of alkyl halides is 5. The smallest absolute Gasteiger partial charge is 0.334 e. The molecule has 1 N–H and O–H groups in total. The van der Waals surface area contributed by atoms with Crippen LogP contribution in [0.4, 0.5) is 22.0 Å². The molecule has 1 aromatic carbocycles. The molecular weight excluding hydrogens is 505 g/mol. The molecule has 0 unspecified atom stereocenters. The van der Waals surface area contributed by atoms with Gasteiger partial charge in [-0.15, -0.1) is 0 Å². The van der Waals surface area contributed by atoms with Gasteiger partial charge in [0.1, 0.15) is 22.7 Å². The highest BCUT2D eigenvalue weighted by atomic mass is 32.2. The predicted molar refractivity (Wildman–Crippen MR) is 121 cm³/mol. The van der Waals surface area contributed by atoms with Gasteiger partial charge in [-0.2, -0.15) is 23.2 Å². The van der Waals surface area contributed by atoms with Crippen LogP contribution in [0.3, 0.4) is 0 Å². The maximum Gasteiger partial charge on any atom is 0.404 e. The molecule has 1 fully saturated rings. The largest absolute Gasteiger partial charge is 0.404 e. The van der Waals surface area contributed by atoms with Crippen LogP contribution in [0.5, 0.6) is 0 Å². The molecule has 4 rings (SSSR count). The van der Waals surface area contributed by atoms with Gasteiger partial charge in [0.15, 0.2) is 5.82 Å². The molecule has 0 radical (unpaired) electrons. The minimum absolute atomic E-state index is 0.00730. The molecule has 1 aliphatic rings. The molecule has 0 saturated heterocycles. The molecule has 7 nitrogen and oxygen atoms in total. The fourth-order valence-corrected chi connectivity index (χ4v) is 5.60. The zero-order valence-corrected chi connectivity index (χ0v) is 19.9. The first kappa shape index (κ1) is 26.0. The van der Waals surface area contributed by atoms with E-state index in [4.69, 9.17) is 0 Å². The Kier molecular flexibility index (Phi) is 7.03. The molecule has 1 aliphatic carbocycles. The van der Waals surface area contributed by atoms with E-state index in [1.54, 1.807) is 16.9 Å². The Morgan fingerprint density at radius 3 is 2.39 bits per heavy atom. The van der Waals surface area contributed by atoms with E-state index in [0.717, 1.165) is 38.1 Å². The minimum atomic E-state index is -4.78. The molecule has 36 heavy (non-hydrogen) atoms. The standard InChI is InChI=1S/C23H22F5N5O2S/c1-13(23(26,27)28)32-36(34,35)16-11-30-22(31-12-16)21-18(10-29)17-7-6-14(9-20(24)25)8-19(17)33(21)15-4-2-3-5-15/h6-8,11-13,15,20,32H,2-5,9H2,1H3/t13-/m0/s1. The lowest BCUT2D eigenvalue weighted by Gasteiger charge is -2.18. The van der Waals surface area contributed by atoms with Gasteiger partial charge < -0.3 is 4.57 Å². The number of aromatic nitrogens is 3. The Balaban J connectivity index is 1.82. The summed E-state index contributed by atoms with van der Waals surface area (Å²) in [7, 11) is -4.56. The monoisotopic (exact) mass is 527 g/mol. The van der Waals surface area contributed by atoms with E-state index in [1.807, 2.05) is 4.57 Å². The van der Waals surface area contributed by atoms with E-state index < -0.39 is 40.0 Å². The van der Waals surface area contributed by atoms with Crippen molar-refractivity contribution in [3.8, 4) is 17.6 Å². The summed E-state index contributed by atoms with van der Waals surface area (Å²) in [4.78, 5) is 7.61. The quantitative estimate of drug-likeness (QED) is 0.430. The topological polar surface area (TPSA) is 101 Å². The van der Waals surface area contributed by atoms with Crippen molar-refractivity contribution >= 4 is 20.9 Å². The molecule has 2 heterocycles. The highest BCUT2D eigenvalue weighted by Gasteiger charge is 2.39. The second kappa shape index (κ2) is 9.74. The molecule has 192 valence electrons. The minimum Gasteiger partial charge on any atom is -0.334 e. The number of hydrogen-bond acceptors (Lipinski definition) is 5. The van der Waals surface area contributed by atoms with Crippen LogP contribution in [0.2, 0.25) is 0 Å². The maximum atomic E-state index is 13.0.